The SMILES string of the molecule is COC(=O)c1cc(F)c(C(=O)[C@](C)(Br)OC(=O)N2CCOCC2)c(F)c1. The van der Waals surface area contributed by atoms with Crippen molar-refractivity contribution in [1.82, 2.24) is 4.90 Å². The average molecular weight is 436 g/mol. The highest BCUT2D eigenvalue weighted by Gasteiger charge is 2.40. The minimum absolute atomic E-state index is 0.270. The van der Waals surface area contributed by atoms with E-state index in [4.69, 9.17) is 9.47 Å². The number of carbonyl (C=O) groups excluding carboxylic acids is 3. The molecule has 2 rings (SSSR count). The number of morpholine rings is 1. The second-order valence-corrected chi connectivity index (χ2v) is 7.03. The van der Waals surface area contributed by atoms with Crippen LogP contribution in [0.1, 0.15) is 27.6 Å². The van der Waals surface area contributed by atoms with Crippen molar-refractivity contribution in [2.75, 3.05) is 33.4 Å². The maximum absolute atomic E-state index is 14.2. The Bertz CT molecular complexity index is 710. The Morgan fingerprint density at radius 1 is 1.19 bits per heavy atom. The second kappa shape index (κ2) is 8.09. The number of amides is 1. The van der Waals surface area contributed by atoms with E-state index in [0.29, 0.717) is 25.3 Å². The van der Waals surface area contributed by atoms with Gasteiger partial charge >= 0.3 is 12.1 Å². The van der Waals surface area contributed by atoms with Crippen LogP contribution in [0.15, 0.2) is 12.1 Å². The topological polar surface area (TPSA) is 82.1 Å². The third kappa shape index (κ3) is 4.36. The van der Waals surface area contributed by atoms with Crippen LogP contribution in [0.5, 0.6) is 0 Å². The summed E-state index contributed by atoms with van der Waals surface area (Å²) >= 11 is 2.91. The van der Waals surface area contributed by atoms with E-state index >= 15 is 0 Å². The molecule has 10 heteroatoms. The monoisotopic (exact) mass is 435 g/mol. The van der Waals surface area contributed by atoms with E-state index < -0.39 is 39.6 Å². The highest BCUT2D eigenvalue weighted by atomic mass is 79.9. The maximum atomic E-state index is 14.2. The molecular weight excluding hydrogens is 420 g/mol. The normalized spacial score (nSPS) is 16.6. The summed E-state index contributed by atoms with van der Waals surface area (Å²) in [5, 5.41) is 0. The van der Waals surface area contributed by atoms with Gasteiger partial charge in [-0.1, -0.05) is 0 Å². The number of benzene rings is 1. The first-order chi connectivity index (χ1) is 12.2. The number of ether oxygens (including phenoxy) is 3. The zero-order valence-electron chi connectivity index (χ0n) is 14.0. The Labute approximate surface area is 156 Å². The van der Waals surface area contributed by atoms with Gasteiger partial charge in [0.15, 0.2) is 0 Å². The quantitative estimate of drug-likeness (QED) is 0.410. The summed E-state index contributed by atoms with van der Waals surface area (Å²) in [6, 6.07) is 1.35. The lowest BCUT2D eigenvalue weighted by Gasteiger charge is -2.30. The van der Waals surface area contributed by atoms with Crippen molar-refractivity contribution in [2.24, 2.45) is 0 Å². The highest BCUT2D eigenvalue weighted by molar-refractivity contribution is 9.10. The number of hydrogen-bond acceptors (Lipinski definition) is 6. The molecule has 1 aliphatic heterocycles. The molecule has 0 radical (unpaired) electrons. The highest BCUT2D eigenvalue weighted by Crippen LogP contribution is 2.29. The smallest absolute Gasteiger partial charge is 0.411 e. The lowest BCUT2D eigenvalue weighted by Crippen LogP contribution is -2.45. The van der Waals surface area contributed by atoms with Crippen molar-refractivity contribution in [3.63, 3.8) is 0 Å². The van der Waals surface area contributed by atoms with Gasteiger partial charge in [-0.3, -0.25) is 4.79 Å². The number of hydrogen-bond donors (Lipinski definition) is 0. The molecule has 0 unspecified atom stereocenters. The fraction of sp³-hybridized carbons (Fsp3) is 0.438. The number of halogens is 3. The molecule has 0 saturated carbocycles. The van der Waals surface area contributed by atoms with Crippen molar-refractivity contribution in [3.8, 4) is 0 Å². The molecule has 1 atom stereocenters. The van der Waals surface area contributed by atoms with Crippen LogP contribution in [-0.4, -0.2) is 60.7 Å². The Hall–Kier alpha value is -2.07. The number of methoxy groups -OCH3 is 1. The van der Waals surface area contributed by atoms with Gasteiger partial charge in [0.2, 0.25) is 10.3 Å². The summed E-state index contributed by atoms with van der Waals surface area (Å²) in [5.74, 6) is -4.65. The number of rotatable bonds is 4. The number of nitrogens with zero attached hydrogens (tertiary/aromatic N) is 1. The van der Waals surface area contributed by atoms with Gasteiger partial charge in [0.25, 0.3) is 0 Å². The average Bonchev–Trinajstić information content (AvgIpc) is 2.60. The summed E-state index contributed by atoms with van der Waals surface area (Å²) in [6.07, 6.45) is -0.826. The first-order valence-corrected chi connectivity index (χ1v) is 8.33. The van der Waals surface area contributed by atoms with Gasteiger partial charge in [0.1, 0.15) is 11.6 Å². The van der Waals surface area contributed by atoms with E-state index in [-0.39, 0.29) is 18.7 Å². The van der Waals surface area contributed by atoms with Gasteiger partial charge in [-0.2, -0.15) is 0 Å². The lowest BCUT2D eigenvalue weighted by molar-refractivity contribution is 0.0112. The predicted octanol–water partition coefficient (Wildman–Crippen LogP) is 2.51. The van der Waals surface area contributed by atoms with Gasteiger partial charge in [-0.15, -0.1) is 0 Å². The molecule has 0 bridgehead atoms. The molecular formula is C16H16BrF2NO6. The zero-order chi connectivity index (χ0) is 19.5. The van der Waals surface area contributed by atoms with Crippen LogP contribution >= 0.6 is 15.9 Å². The van der Waals surface area contributed by atoms with E-state index in [0.717, 1.165) is 14.0 Å². The van der Waals surface area contributed by atoms with Gasteiger partial charge < -0.3 is 19.1 Å². The third-order valence-electron chi connectivity index (χ3n) is 3.64. The molecule has 1 aromatic rings. The molecule has 1 fully saturated rings. The molecule has 0 aromatic heterocycles. The van der Waals surface area contributed by atoms with E-state index in [1.54, 1.807) is 0 Å². The largest absolute Gasteiger partial charge is 0.465 e. The van der Waals surface area contributed by atoms with E-state index in [1.165, 1.54) is 4.90 Å². The first-order valence-electron chi connectivity index (χ1n) is 7.54. The van der Waals surface area contributed by atoms with Crippen molar-refractivity contribution in [3.05, 3.63) is 34.9 Å². The molecule has 0 aliphatic carbocycles. The molecule has 1 amide bonds. The van der Waals surface area contributed by atoms with Crippen molar-refractivity contribution in [2.45, 2.75) is 11.4 Å². The predicted molar refractivity (Wildman–Crippen MR) is 88.2 cm³/mol. The summed E-state index contributed by atoms with van der Waals surface area (Å²) in [7, 11) is 1.05. The van der Waals surface area contributed by atoms with Crippen LogP contribution in [0.25, 0.3) is 0 Å². The fourth-order valence-corrected chi connectivity index (χ4v) is 2.61. The van der Waals surface area contributed by atoms with E-state index in [1.807, 2.05) is 0 Å². The molecule has 142 valence electrons. The Morgan fingerprint density at radius 3 is 2.23 bits per heavy atom. The number of ketones is 1. The van der Waals surface area contributed by atoms with Crippen LogP contribution < -0.4 is 0 Å². The third-order valence-corrected chi connectivity index (χ3v) is 4.17. The minimum Gasteiger partial charge on any atom is -0.465 e. The maximum Gasteiger partial charge on any atom is 0.411 e. The summed E-state index contributed by atoms with van der Waals surface area (Å²) in [5.41, 5.74) is -1.33. The molecule has 1 heterocycles. The lowest BCUT2D eigenvalue weighted by atomic mass is 10.0. The van der Waals surface area contributed by atoms with Gasteiger partial charge in [0.05, 0.1) is 31.5 Å². The molecule has 1 aromatic carbocycles. The first kappa shape index (κ1) is 20.2. The Balaban J connectivity index is 2.23. The number of Topliss-reactive ketones (excluding diaryl/α,β-unsaturated/α-hetero) is 1. The number of carbonyl (C=O) groups is 3. The van der Waals surface area contributed by atoms with Crippen LogP contribution in [0.3, 0.4) is 0 Å². The summed E-state index contributed by atoms with van der Waals surface area (Å²) < 4.78 is 41.0. The van der Waals surface area contributed by atoms with Gasteiger partial charge in [-0.05, 0) is 35.0 Å². The standard InChI is InChI=1S/C16H16BrF2NO6/c1-16(17,26-15(23)20-3-5-25-6-4-20)13(21)12-10(18)7-9(8-11(12)19)14(22)24-2/h7-8H,3-6H2,1-2H3/t16-/m1/s1. The molecule has 7 nitrogen and oxygen atoms in total. The van der Waals surface area contributed by atoms with Crippen LogP contribution in [0.2, 0.25) is 0 Å². The number of esters is 1. The molecule has 1 aliphatic rings. The Kier molecular flexibility index (Phi) is 6.30. The van der Waals surface area contributed by atoms with Crippen molar-refractivity contribution < 1.29 is 37.4 Å². The van der Waals surface area contributed by atoms with Crippen LogP contribution in [0, 0.1) is 11.6 Å². The van der Waals surface area contributed by atoms with Gasteiger partial charge in [0, 0.05) is 13.1 Å². The van der Waals surface area contributed by atoms with Crippen molar-refractivity contribution >= 4 is 33.8 Å². The molecule has 0 spiro atoms. The second-order valence-electron chi connectivity index (χ2n) is 5.52. The van der Waals surface area contributed by atoms with Crippen LogP contribution in [-0.2, 0) is 14.2 Å². The van der Waals surface area contributed by atoms with Crippen molar-refractivity contribution in [1.29, 1.82) is 0 Å². The minimum atomic E-state index is -2.00. The van der Waals surface area contributed by atoms with E-state index in [2.05, 4.69) is 20.7 Å². The molecule has 1 saturated heterocycles. The van der Waals surface area contributed by atoms with Gasteiger partial charge in [-0.25, -0.2) is 18.4 Å². The van der Waals surface area contributed by atoms with E-state index in [9.17, 15) is 23.2 Å². The molecule has 26 heavy (non-hydrogen) atoms. The summed E-state index contributed by atoms with van der Waals surface area (Å²) in [6.45, 7) is 2.33. The molecule has 0 N–H and O–H groups in total. The Morgan fingerprint density at radius 2 is 1.73 bits per heavy atom. The summed E-state index contributed by atoms with van der Waals surface area (Å²) in [4.78, 5) is 37.3. The zero-order valence-corrected chi connectivity index (χ0v) is 15.6. The number of alkyl halides is 1. The van der Waals surface area contributed by atoms with Crippen LogP contribution in [0.4, 0.5) is 13.6 Å². The fourth-order valence-electron chi connectivity index (χ4n) is 2.27.